The predicted octanol–water partition coefficient (Wildman–Crippen LogP) is 2.54. The van der Waals surface area contributed by atoms with Crippen molar-refractivity contribution in [2.75, 3.05) is 7.11 Å². The minimum absolute atomic E-state index is 0.0190. The monoisotopic (exact) mass is 289 g/mol. The molecule has 4 heteroatoms. The van der Waals surface area contributed by atoms with Crippen LogP contribution in [0.4, 0.5) is 0 Å². The molecule has 0 aliphatic heterocycles. The second-order valence-corrected chi connectivity index (χ2v) is 6.05. The highest BCUT2D eigenvalue weighted by Gasteiger charge is 2.55. The number of hydrogen-bond donors (Lipinski definition) is 1. The van der Waals surface area contributed by atoms with Crippen molar-refractivity contribution in [2.45, 2.75) is 52.0 Å². The van der Waals surface area contributed by atoms with Gasteiger partial charge in [0, 0.05) is 12.8 Å². The average Bonchev–Trinajstić information content (AvgIpc) is 2.37. The molecule has 0 bridgehead atoms. The van der Waals surface area contributed by atoms with Crippen molar-refractivity contribution in [2.24, 2.45) is 0 Å². The summed E-state index contributed by atoms with van der Waals surface area (Å²) in [6, 6.07) is 4.24. The van der Waals surface area contributed by atoms with Gasteiger partial charge in [-0.15, -0.1) is 0 Å². The Balaban J connectivity index is 2.48. The maximum Gasteiger partial charge on any atom is 0.332 e. The summed E-state index contributed by atoms with van der Waals surface area (Å²) in [5.74, 6) is -0.574. The van der Waals surface area contributed by atoms with Gasteiger partial charge < -0.3 is 10.1 Å². The standard InChI is InChI=1S/C17H23NO3/c1-10-8-11(2)15(12(3)9-10)14-6-7-17(14,16(20)21-5)18-13(4)19/h8-9,14H,6-7H2,1-5H3,(H,18,19)/t14-,17-/m1/s1. The summed E-state index contributed by atoms with van der Waals surface area (Å²) in [6.07, 6.45) is 1.50. The molecule has 21 heavy (non-hydrogen) atoms. The zero-order chi connectivity index (χ0) is 15.8. The molecular weight excluding hydrogens is 266 g/mol. The number of nitrogens with one attached hydrogen (secondary N) is 1. The van der Waals surface area contributed by atoms with E-state index in [2.05, 4.69) is 38.2 Å². The van der Waals surface area contributed by atoms with E-state index in [1.54, 1.807) is 0 Å². The van der Waals surface area contributed by atoms with Crippen LogP contribution in [0.3, 0.4) is 0 Å². The van der Waals surface area contributed by atoms with E-state index in [1.807, 2.05) is 0 Å². The molecule has 0 saturated heterocycles. The first-order valence-corrected chi connectivity index (χ1v) is 7.26. The second kappa shape index (κ2) is 5.51. The third-order valence-corrected chi connectivity index (χ3v) is 4.46. The van der Waals surface area contributed by atoms with Crippen molar-refractivity contribution < 1.29 is 14.3 Å². The first kappa shape index (κ1) is 15.5. The molecule has 4 nitrogen and oxygen atoms in total. The molecule has 114 valence electrons. The van der Waals surface area contributed by atoms with Crippen LogP contribution >= 0.6 is 0 Å². The molecule has 0 radical (unpaired) electrons. The maximum atomic E-state index is 12.3. The Morgan fingerprint density at radius 2 is 1.81 bits per heavy atom. The molecule has 0 heterocycles. The first-order chi connectivity index (χ1) is 9.81. The van der Waals surface area contributed by atoms with Gasteiger partial charge in [0.1, 0.15) is 5.54 Å². The van der Waals surface area contributed by atoms with Crippen LogP contribution in [0.2, 0.25) is 0 Å². The summed E-state index contributed by atoms with van der Waals surface area (Å²) in [6.45, 7) is 7.62. The topological polar surface area (TPSA) is 55.4 Å². The van der Waals surface area contributed by atoms with Gasteiger partial charge in [-0.25, -0.2) is 4.79 Å². The molecule has 1 aliphatic rings. The van der Waals surface area contributed by atoms with Gasteiger partial charge in [0.05, 0.1) is 7.11 Å². The summed E-state index contributed by atoms with van der Waals surface area (Å²) in [5, 5.41) is 2.85. The molecule has 2 atom stereocenters. The summed E-state index contributed by atoms with van der Waals surface area (Å²) >= 11 is 0. The number of amides is 1. The Morgan fingerprint density at radius 1 is 1.24 bits per heavy atom. The fraction of sp³-hybridized carbons (Fsp3) is 0.529. The Labute approximate surface area is 125 Å². The second-order valence-electron chi connectivity index (χ2n) is 6.05. The van der Waals surface area contributed by atoms with Crippen molar-refractivity contribution in [3.63, 3.8) is 0 Å². The molecule has 0 spiro atoms. The van der Waals surface area contributed by atoms with Crippen LogP contribution in [0, 0.1) is 20.8 Å². The van der Waals surface area contributed by atoms with Gasteiger partial charge in [-0.3, -0.25) is 4.79 Å². The summed E-state index contributed by atoms with van der Waals surface area (Å²) in [5.41, 5.74) is 3.78. The fourth-order valence-corrected chi connectivity index (χ4v) is 3.65. The minimum atomic E-state index is -0.911. The van der Waals surface area contributed by atoms with E-state index in [1.165, 1.54) is 19.6 Å². The molecule has 2 rings (SSSR count). The number of ether oxygens (including phenoxy) is 1. The number of hydrogen-bond acceptors (Lipinski definition) is 3. The highest BCUT2D eigenvalue weighted by atomic mass is 16.5. The van der Waals surface area contributed by atoms with Crippen LogP contribution in [0.15, 0.2) is 12.1 Å². The number of carbonyl (C=O) groups is 2. The Hall–Kier alpha value is -1.84. The van der Waals surface area contributed by atoms with Crippen LogP contribution in [0.25, 0.3) is 0 Å². The molecule has 0 aromatic heterocycles. The largest absolute Gasteiger partial charge is 0.467 e. The summed E-state index contributed by atoms with van der Waals surface area (Å²) < 4.78 is 4.96. The molecule has 1 aromatic carbocycles. The third kappa shape index (κ3) is 2.55. The van der Waals surface area contributed by atoms with Gasteiger partial charge in [0.25, 0.3) is 0 Å². The van der Waals surface area contributed by atoms with E-state index in [4.69, 9.17) is 4.74 Å². The number of aryl methyl sites for hydroxylation is 3. The number of carbonyl (C=O) groups excluding carboxylic acids is 2. The van der Waals surface area contributed by atoms with E-state index in [-0.39, 0.29) is 17.8 Å². The fourth-order valence-electron chi connectivity index (χ4n) is 3.65. The number of methoxy groups -OCH3 is 1. The summed E-state index contributed by atoms with van der Waals surface area (Å²) in [4.78, 5) is 23.8. The zero-order valence-corrected chi connectivity index (χ0v) is 13.4. The van der Waals surface area contributed by atoms with Gasteiger partial charge in [0.2, 0.25) is 5.91 Å². The molecule has 1 aliphatic carbocycles. The van der Waals surface area contributed by atoms with Crippen LogP contribution in [0.1, 0.15) is 47.9 Å². The highest BCUT2D eigenvalue weighted by molar-refractivity contribution is 5.89. The lowest BCUT2D eigenvalue weighted by atomic mass is 9.61. The highest BCUT2D eigenvalue weighted by Crippen LogP contribution is 2.48. The van der Waals surface area contributed by atoms with E-state index >= 15 is 0 Å². The number of rotatable bonds is 3. The van der Waals surface area contributed by atoms with Crippen molar-refractivity contribution in [1.82, 2.24) is 5.32 Å². The Bertz CT molecular complexity index is 571. The SMILES string of the molecule is COC(=O)[C@@]1(NC(C)=O)CC[C@@H]1c1c(C)cc(C)cc1C. The van der Waals surface area contributed by atoms with Crippen LogP contribution < -0.4 is 5.32 Å². The third-order valence-electron chi connectivity index (χ3n) is 4.46. The maximum absolute atomic E-state index is 12.3. The quantitative estimate of drug-likeness (QED) is 0.870. The van der Waals surface area contributed by atoms with Crippen molar-refractivity contribution >= 4 is 11.9 Å². The van der Waals surface area contributed by atoms with Gasteiger partial charge in [0.15, 0.2) is 0 Å². The minimum Gasteiger partial charge on any atom is -0.467 e. The average molecular weight is 289 g/mol. The van der Waals surface area contributed by atoms with Gasteiger partial charge in [-0.1, -0.05) is 17.7 Å². The van der Waals surface area contributed by atoms with Crippen LogP contribution in [0.5, 0.6) is 0 Å². The van der Waals surface area contributed by atoms with Crippen molar-refractivity contribution in [3.05, 3.63) is 34.4 Å². The molecule has 1 amide bonds. The molecule has 1 saturated carbocycles. The predicted molar refractivity (Wildman–Crippen MR) is 81.2 cm³/mol. The van der Waals surface area contributed by atoms with Gasteiger partial charge in [-0.05, 0) is 50.3 Å². The molecule has 1 fully saturated rings. The van der Waals surface area contributed by atoms with Crippen molar-refractivity contribution in [3.8, 4) is 0 Å². The van der Waals surface area contributed by atoms with Gasteiger partial charge in [-0.2, -0.15) is 0 Å². The normalized spacial score (nSPS) is 24.1. The van der Waals surface area contributed by atoms with Crippen molar-refractivity contribution in [1.29, 1.82) is 0 Å². The lowest BCUT2D eigenvalue weighted by molar-refractivity contribution is -0.156. The number of esters is 1. The van der Waals surface area contributed by atoms with E-state index in [0.29, 0.717) is 6.42 Å². The Kier molecular flexibility index (Phi) is 4.08. The molecule has 1 aromatic rings. The Morgan fingerprint density at radius 3 is 2.19 bits per heavy atom. The number of benzene rings is 1. The molecular formula is C17H23NO3. The van der Waals surface area contributed by atoms with Crippen LogP contribution in [-0.4, -0.2) is 24.5 Å². The van der Waals surface area contributed by atoms with Gasteiger partial charge >= 0.3 is 5.97 Å². The lowest BCUT2D eigenvalue weighted by Crippen LogP contribution is -2.64. The first-order valence-electron chi connectivity index (χ1n) is 7.26. The zero-order valence-electron chi connectivity index (χ0n) is 13.4. The van der Waals surface area contributed by atoms with E-state index in [0.717, 1.165) is 23.1 Å². The van der Waals surface area contributed by atoms with Crippen LogP contribution in [-0.2, 0) is 14.3 Å². The smallest absolute Gasteiger partial charge is 0.332 e. The van der Waals surface area contributed by atoms with E-state index < -0.39 is 5.54 Å². The molecule has 0 unspecified atom stereocenters. The lowest BCUT2D eigenvalue weighted by Gasteiger charge is -2.48. The summed E-state index contributed by atoms with van der Waals surface area (Å²) in [7, 11) is 1.37. The van der Waals surface area contributed by atoms with E-state index in [9.17, 15) is 9.59 Å². The molecule has 1 N–H and O–H groups in total.